The van der Waals surface area contributed by atoms with Crippen molar-refractivity contribution < 1.29 is 18.6 Å². The summed E-state index contributed by atoms with van der Waals surface area (Å²) in [5.41, 5.74) is 3.91. The van der Waals surface area contributed by atoms with Crippen molar-refractivity contribution in [3.05, 3.63) is 45.8 Å². The Morgan fingerprint density at radius 3 is 2.90 bits per heavy atom. The van der Waals surface area contributed by atoms with Crippen molar-refractivity contribution in [1.82, 2.24) is 15.5 Å². The Hall–Kier alpha value is -3.04. The molecule has 2 aromatic rings. The Labute approximate surface area is 110 Å². The molecule has 104 valence electrons. The van der Waals surface area contributed by atoms with Crippen LogP contribution in [0.4, 0.5) is 15.8 Å². The summed E-state index contributed by atoms with van der Waals surface area (Å²) in [4.78, 5) is 25.4. The molecular weight excluding hydrogens is 273 g/mol. The van der Waals surface area contributed by atoms with Crippen molar-refractivity contribution in [2.24, 2.45) is 0 Å². The van der Waals surface area contributed by atoms with Crippen LogP contribution in [0.1, 0.15) is 16.2 Å². The molecule has 0 aliphatic carbocycles. The fraction of sp³-hybridized carbons (Fsp3) is 0.100. The molecule has 10 heteroatoms. The summed E-state index contributed by atoms with van der Waals surface area (Å²) in [6, 6.07) is 1.50. The normalized spacial score (nSPS) is 10.2. The molecule has 1 aromatic heterocycles. The zero-order valence-electron chi connectivity index (χ0n) is 9.87. The number of nitrogens with two attached hydrogens (primary N) is 1. The molecule has 0 unspecified atom stereocenters. The highest BCUT2D eigenvalue weighted by Crippen LogP contribution is 2.24. The zero-order valence-corrected chi connectivity index (χ0v) is 9.87. The average Bonchev–Trinajstić information content (AvgIpc) is 2.91. The lowest BCUT2D eigenvalue weighted by Crippen LogP contribution is -2.24. The van der Waals surface area contributed by atoms with E-state index in [9.17, 15) is 19.3 Å². The number of amides is 1. The largest absolute Gasteiger partial charge is 0.396 e. The van der Waals surface area contributed by atoms with E-state index in [1.165, 1.54) is 0 Å². The number of hydrogen-bond acceptors (Lipinski definition) is 7. The highest BCUT2D eigenvalue weighted by Gasteiger charge is 2.23. The molecule has 9 nitrogen and oxygen atoms in total. The molecule has 0 saturated carbocycles. The van der Waals surface area contributed by atoms with Crippen LogP contribution in [-0.2, 0) is 6.54 Å². The maximum atomic E-state index is 13.2. The lowest BCUT2D eigenvalue weighted by atomic mass is 10.1. The lowest BCUT2D eigenvalue weighted by molar-refractivity contribution is -0.385. The van der Waals surface area contributed by atoms with Crippen molar-refractivity contribution in [2.75, 3.05) is 5.73 Å². The van der Waals surface area contributed by atoms with Gasteiger partial charge in [-0.05, 0) is 6.07 Å². The first-order valence-electron chi connectivity index (χ1n) is 5.26. The first kappa shape index (κ1) is 13.4. The number of nitro groups is 1. The monoisotopic (exact) mass is 281 g/mol. The van der Waals surface area contributed by atoms with Gasteiger partial charge < -0.3 is 15.6 Å². The van der Waals surface area contributed by atoms with Crippen LogP contribution >= 0.6 is 0 Å². The van der Waals surface area contributed by atoms with Gasteiger partial charge in [0.2, 0.25) is 6.39 Å². The number of halogens is 1. The number of hydrogen-bond donors (Lipinski definition) is 2. The second-order valence-electron chi connectivity index (χ2n) is 3.68. The number of anilines is 1. The van der Waals surface area contributed by atoms with Gasteiger partial charge in [0.25, 0.3) is 11.6 Å². The Bertz CT molecular complexity index is 658. The van der Waals surface area contributed by atoms with E-state index in [1.807, 2.05) is 0 Å². The smallest absolute Gasteiger partial charge is 0.285 e. The Balaban J connectivity index is 2.24. The molecule has 0 aliphatic heterocycles. The minimum atomic E-state index is -0.966. The average molecular weight is 281 g/mol. The molecular formula is C10H8FN5O4. The van der Waals surface area contributed by atoms with E-state index in [-0.39, 0.29) is 23.6 Å². The molecule has 20 heavy (non-hydrogen) atoms. The Morgan fingerprint density at radius 1 is 1.55 bits per heavy atom. The van der Waals surface area contributed by atoms with Gasteiger partial charge in [-0.25, -0.2) is 4.39 Å². The van der Waals surface area contributed by atoms with E-state index < -0.39 is 22.3 Å². The number of nitro benzene ring substituents is 1. The number of benzene rings is 1. The van der Waals surface area contributed by atoms with Crippen LogP contribution in [0.15, 0.2) is 23.0 Å². The maximum Gasteiger partial charge on any atom is 0.285 e. The molecule has 0 aliphatic rings. The Morgan fingerprint density at radius 2 is 2.30 bits per heavy atom. The van der Waals surface area contributed by atoms with Crippen LogP contribution in [0.5, 0.6) is 0 Å². The fourth-order valence-corrected chi connectivity index (χ4v) is 1.44. The van der Waals surface area contributed by atoms with Crippen LogP contribution in [0.2, 0.25) is 0 Å². The predicted octanol–water partition coefficient (Wildman–Crippen LogP) is 0.629. The molecule has 1 aromatic carbocycles. The van der Waals surface area contributed by atoms with Gasteiger partial charge in [-0.15, -0.1) is 0 Å². The molecule has 0 atom stereocenters. The van der Waals surface area contributed by atoms with E-state index in [2.05, 4.69) is 20.0 Å². The van der Waals surface area contributed by atoms with E-state index in [0.29, 0.717) is 6.07 Å². The van der Waals surface area contributed by atoms with Crippen molar-refractivity contribution >= 4 is 17.3 Å². The number of nitrogens with zero attached hydrogens (tertiary/aromatic N) is 3. The number of carbonyl (C=O) groups excluding carboxylic acids is 1. The Kier molecular flexibility index (Phi) is 3.55. The third-order valence-corrected chi connectivity index (χ3v) is 2.37. The van der Waals surface area contributed by atoms with Crippen LogP contribution < -0.4 is 11.1 Å². The summed E-state index contributed by atoms with van der Waals surface area (Å²) in [7, 11) is 0. The molecule has 1 heterocycles. The summed E-state index contributed by atoms with van der Waals surface area (Å²) in [6.07, 6.45) is 1.07. The van der Waals surface area contributed by atoms with Gasteiger partial charge in [0.1, 0.15) is 5.56 Å². The van der Waals surface area contributed by atoms with E-state index in [1.54, 1.807) is 0 Å². The first-order valence-corrected chi connectivity index (χ1v) is 5.26. The number of rotatable bonds is 4. The summed E-state index contributed by atoms with van der Waals surface area (Å²) in [5.74, 6) is -1.57. The van der Waals surface area contributed by atoms with Crippen molar-refractivity contribution in [3.63, 3.8) is 0 Å². The van der Waals surface area contributed by atoms with Crippen molar-refractivity contribution in [1.29, 1.82) is 0 Å². The number of nitrogens with one attached hydrogen (secondary N) is 1. The lowest BCUT2D eigenvalue weighted by Gasteiger charge is -2.05. The molecule has 0 bridgehead atoms. The summed E-state index contributed by atoms with van der Waals surface area (Å²) in [6.45, 7) is -0.0935. The topological polar surface area (TPSA) is 137 Å². The third-order valence-electron chi connectivity index (χ3n) is 2.37. The van der Waals surface area contributed by atoms with E-state index >= 15 is 0 Å². The number of carbonyl (C=O) groups is 1. The molecule has 0 saturated heterocycles. The summed E-state index contributed by atoms with van der Waals surface area (Å²) >= 11 is 0. The molecule has 1 amide bonds. The minimum Gasteiger partial charge on any atom is -0.396 e. The molecule has 0 spiro atoms. The summed E-state index contributed by atoms with van der Waals surface area (Å²) < 4.78 is 17.7. The van der Waals surface area contributed by atoms with Gasteiger partial charge in [0.05, 0.1) is 23.2 Å². The minimum absolute atomic E-state index is 0.0935. The quantitative estimate of drug-likeness (QED) is 0.476. The van der Waals surface area contributed by atoms with Gasteiger partial charge >= 0.3 is 0 Å². The SMILES string of the molecule is Nc1cc(C(=O)NCc2ncon2)c([N+](=O)[O-])cc1F. The highest BCUT2D eigenvalue weighted by atomic mass is 19.1. The third kappa shape index (κ3) is 2.68. The van der Waals surface area contributed by atoms with Crippen LogP contribution in [0.3, 0.4) is 0 Å². The van der Waals surface area contributed by atoms with E-state index in [0.717, 1.165) is 12.5 Å². The first-order chi connectivity index (χ1) is 9.49. The van der Waals surface area contributed by atoms with Gasteiger partial charge in [-0.2, -0.15) is 4.98 Å². The molecule has 3 N–H and O–H groups in total. The summed E-state index contributed by atoms with van der Waals surface area (Å²) in [5, 5.41) is 16.6. The van der Waals surface area contributed by atoms with Gasteiger partial charge in [0, 0.05) is 0 Å². The van der Waals surface area contributed by atoms with Gasteiger partial charge in [0.15, 0.2) is 11.6 Å². The zero-order chi connectivity index (χ0) is 14.7. The molecule has 0 fully saturated rings. The van der Waals surface area contributed by atoms with Crippen LogP contribution in [0, 0.1) is 15.9 Å². The second kappa shape index (κ2) is 5.30. The predicted molar refractivity (Wildman–Crippen MR) is 62.9 cm³/mol. The van der Waals surface area contributed by atoms with E-state index in [4.69, 9.17) is 5.73 Å². The van der Waals surface area contributed by atoms with Gasteiger partial charge in [-0.1, -0.05) is 5.16 Å². The van der Waals surface area contributed by atoms with Crippen LogP contribution in [0.25, 0.3) is 0 Å². The second-order valence-corrected chi connectivity index (χ2v) is 3.68. The van der Waals surface area contributed by atoms with Crippen LogP contribution in [-0.4, -0.2) is 21.0 Å². The number of nitrogen functional groups attached to an aromatic ring is 1. The van der Waals surface area contributed by atoms with Crippen molar-refractivity contribution in [3.8, 4) is 0 Å². The standard InChI is InChI=1S/C10H8FN5O4/c11-6-2-8(16(18)19)5(1-7(6)12)10(17)13-3-9-14-4-20-15-9/h1-2,4H,3,12H2,(H,13,17). The molecule has 2 rings (SSSR count). The fourth-order valence-electron chi connectivity index (χ4n) is 1.44. The van der Waals surface area contributed by atoms with Gasteiger partial charge in [-0.3, -0.25) is 14.9 Å². The molecule has 0 radical (unpaired) electrons. The highest BCUT2D eigenvalue weighted by molar-refractivity contribution is 5.99. The van der Waals surface area contributed by atoms with Crippen molar-refractivity contribution in [2.45, 2.75) is 6.54 Å². The maximum absolute atomic E-state index is 13.2. The number of aromatic nitrogens is 2.